The number of pyridine rings is 1. The molecule has 1 aromatic heterocycles. The van der Waals surface area contributed by atoms with Crippen molar-refractivity contribution in [1.82, 2.24) is 10.3 Å². The minimum absolute atomic E-state index is 0.230. The highest BCUT2D eigenvalue weighted by molar-refractivity contribution is 5.93. The zero-order valence-corrected chi connectivity index (χ0v) is 18.8. The van der Waals surface area contributed by atoms with Crippen LogP contribution in [-0.4, -0.2) is 31.7 Å². The normalized spacial score (nSPS) is 18.5. The van der Waals surface area contributed by atoms with E-state index in [4.69, 9.17) is 4.98 Å². The molecule has 33 heavy (non-hydrogen) atoms. The molecule has 176 valence electrons. The molecule has 1 aliphatic carbocycles. The molecular weight excluding hydrogens is 432 g/mol. The van der Waals surface area contributed by atoms with Crippen LogP contribution in [0.3, 0.4) is 0 Å². The van der Waals surface area contributed by atoms with Gasteiger partial charge < -0.3 is 15.5 Å². The Bertz CT molecular complexity index is 1100. The zero-order chi connectivity index (χ0) is 23.5. The van der Waals surface area contributed by atoms with Crippen molar-refractivity contribution in [2.75, 3.05) is 30.9 Å². The first-order valence-electron chi connectivity index (χ1n) is 11.2. The lowest BCUT2D eigenvalue weighted by Gasteiger charge is -2.30. The SMILES string of the molecule is CN(C)c1cc(N[C@H]2CC[C@@H](CNCc3c(F)c(F)cc(F)c3F)CC2)nc2ccccc12. The van der Waals surface area contributed by atoms with Crippen LogP contribution in [0.5, 0.6) is 0 Å². The summed E-state index contributed by atoms with van der Waals surface area (Å²) >= 11 is 0. The van der Waals surface area contributed by atoms with Gasteiger partial charge in [0.05, 0.1) is 5.52 Å². The van der Waals surface area contributed by atoms with Crippen molar-refractivity contribution < 1.29 is 17.6 Å². The first-order chi connectivity index (χ1) is 15.8. The first kappa shape index (κ1) is 23.3. The molecule has 2 aromatic carbocycles. The van der Waals surface area contributed by atoms with Crippen LogP contribution in [0.1, 0.15) is 31.2 Å². The van der Waals surface area contributed by atoms with Crippen LogP contribution in [-0.2, 0) is 6.54 Å². The van der Waals surface area contributed by atoms with Crippen LogP contribution in [0.4, 0.5) is 29.1 Å². The molecule has 0 atom stereocenters. The number of para-hydroxylation sites is 1. The van der Waals surface area contributed by atoms with E-state index in [-0.39, 0.29) is 18.7 Å². The Morgan fingerprint density at radius 2 is 1.61 bits per heavy atom. The highest BCUT2D eigenvalue weighted by Crippen LogP contribution is 2.30. The highest BCUT2D eigenvalue weighted by Gasteiger charge is 2.23. The molecule has 1 aliphatic rings. The summed E-state index contributed by atoms with van der Waals surface area (Å²) in [5, 5.41) is 7.62. The number of hydrogen-bond acceptors (Lipinski definition) is 4. The fraction of sp³-hybridized carbons (Fsp3) is 0.400. The summed E-state index contributed by atoms with van der Waals surface area (Å²) in [5.74, 6) is -4.26. The molecule has 0 bridgehead atoms. The molecule has 0 radical (unpaired) electrons. The third kappa shape index (κ3) is 5.21. The van der Waals surface area contributed by atoms with Crippen molar-refractivity contribution in [2.24, 2.45) is 5.92 Å². The Balaban J connectivity index is 1.31. The van der Waals surface area contributed by atoms with Crippen molar-refractivity contribution in [2.45, 2.75) is 38.3 Å². The maximum atomic E-state index is 13.8. The maximum Gasteiger partial charge on any atom is 0.166 e. The maximum absolute atomic E-state index is 13.8. The fourth-order valence-electron chi connectivity index (χ4n) is 4.50. The van der Waals surface area contributed by atoms with Crippen molar-refractivity contribution >= 4 is 22.4 Å². The molecule has 1 saturated carbocycles. The van der Waals surface area contributed by atoms with Gasteiger partial charge in [0.15, 0.2) is 23.3 Å². The lowest BCUT2D eigenvalue weighted by atomic mass is 9.86. The quantitative estimate of drug-likeness (QED) is 0.355. The third-order valence-electron chi connectivity index (χ3n) is 6.31. The first-order valence-corrected chi connectivity index (χ1v) is 11.2. The van der Waals surface area contributed by atoms with Gasteiger partial charge in [-0.3, -0.25) is 0 Å². The molecule has 4 nitrogen and oxygen atoms in total. The second-order valence-electron chi connectivity index (χ2n) is 8.88. The number of halogens is 4. The second-order valence-corrected chi connectivity index (χ2v) is 8.88. The molecule has 3 aromatic rings. The summed E-state index contributed by atoms with van der Waals surface area (Å²) in [6.07, 6.45) is 3.74. The monoisotopic (exact) mass is 460 g/mol. The summed E-state index contributed by atoms with van der Waals surface area (Å²) in [4.78, 5) is 6.84. The van der Waals surface area contributed by atoms with E-state index in [1.807, 2.05) is 32.3 Å². The van der Waals surface area contributed by atoms with Gasteiger partial charge in [-0.2, -0.15) is 0 Å². The van der Waals surface area contributed by atoms with Crippen LogP contribution in [0.25, 0.3) is 10.9 Å². The molecule has 8 heteroatoms. The average molecular weight is 461 g/mol. The molecule has 1 fully saturated rings. The molecule has 2 N–H and O–H groups in total. The van der Waals surface area contributed by atoms with Crippen LogP contribution in [0.15, 0.2) is 36.4 Å². The standard InChI is InChI=1S/C25H28F4N4/c1-33(2)22-12-23(32-21-6-4-3-5-17(21)22)31-16-9-7-15(8-10-16)13-30-14-18-24(28)19(26)11-20(27)25(18)29/h3-6,11-12,15-16,30H,7-10,13-14H2,1-2H3,(H,31,32)/t15-,16+. The molecule has 1 heterocycles. The topological polar surface area (TPSA) is 40.2 Å². The fourth-order valence-corrected chi connectivity index (χ4v) is 4.50. The predicted octanol–water partition coefficient (Wildman–Crippen LogP) is 5.62. The van der Waals surface area contributed by atoms with Crippen LogP contribution >= 0.6 is 0 Å². The van der Waals surface area contributed by atoms with Crippen molar-refractivity contribution in [3.8, 4) is 0 Å². The van der Waals surface area contributed by atoms with E-state index in [0.717, 1.165) is 48.1 Å². The average Bonchev–Trinajstić information content (AvgIpc) is 2.80. The van der Waals surface area contributed by atoms with Crippen molar-refractivity contribution in [1.29, 1.82) is 0 Å². The lowest BCUT2D eigenvalue weighted by molar-refractivity contribution is 0.321. The van der Waals surface area contributed by atoms with Gasteiger partial charge in [0.25, 0.3) is 0 Å². The van der Waals surface area contributed by atoms with Gasteiger partial charge in [-0.1, -0.05) is 18.2 Å². The van der Waals surface area contributed by atoms with E-state index >= 15 is 0 Å². The van der Waals surface area contributed by atoms with Crippen LogP contribution in [0.2, 0.25) is 0 Å². The summed E-state index contributed by atoms with van der Waals surface area (Å²) < 4.78 is 54.3. The van der Waals surface area contributed by atoms with Crippen molar-refractivity contribution in [3.63, 3.8) is 0 Å². The Morgan fingerprint density at radius 3 is 2.27 bits per heavy atom. The molecule has 0 unspecified atom stereocenters. The van der Waals surface area contributed by atoms with E-state index in [2.05, 4.69) is 27.7 Å². The molecular formula is C25H28F4N4. The smallest absolute Gasteiger partial charge is 0.166 e. The van der Waals surface area contributed by atoms with Gasteiger partial charge >= 0.3 is 0 Å². The van der Waals surface area contributed by atoms with Gasteiger partial charge in [0.1, 0.15) is 5.82 Å². The van der Waals surface area contributed by atoms with Crippen molar-refractivity contribution in [3.05, 3.63) is 65.2 Å². The summed E-state index contributed by atoms with van der Waals surface area (Å²) in [5.41, 5.74) is 1.45. The number of benzene rings is 2. The van der Waals surface area contributed by atoms with Gasteiger partial charge in [-0.05, 0) is 44.2 Å². The van der Waals surface area contributed by atoms with E-state index in [9.17, 15) is 17.6 Å². The summed E-state index contributed by atoms with van der Waals surface area (Å²) in [6.45, 7) is 0.279. The van der Waals surface area contributed by atoms with Gasteiger partial charge in [-0.25, -0.2) is 22.5 Å². The Labute approximate surface area is 191 Å². The van der Waals surface area contributed by atoms with E-state index in [1.54, 1.807) is 0 Å². The number of nitrogens with zero attached hydrogens (tertiary/aromatic N) is 2. The third-order valence-corrected chi connectivity index (χ3v) is 6.31. The number of rotatable bonds is 7. The van der Waals surface area contributed by atoms with Gasteiger partial charge in [0.2, 0.25) is 0 Å². The Morgan fingerprint density at radius 1 is 0.939 bits per heavy atom. The van der Waals surface area contributed by atoms with Gasteiger partial charge in [-0.15, -0.1) is 0 Å². The number of fused-ring (bicyclic) bond motifs is 1. The van der Waals surface area contributed by atoms with Crippen LogP contribution in [0, 0.1) is 29.2 Å². The number of nitrogens with one attached hydrogen (secondary N) is 2. The summed E-state index contributed by atoms with van der Waals surface area (Å²) in [7, 11) is 4.03. The number of anilines is 2. The van der Waals surface area contributed by atoms with E-state index in [0.29, 0.717) is 12.5 Å². The molecule has 0 spiro atoms. The van der Waals surface area contributed by atoms with Gasteiger partial charge in [0, 0.05) is 55.5 Å². The second kappa shape index (κ2) is 9.95. The van der Waals surface area contributed by atoms with Crippen LogP contribution < -0.4 is 15.5 Å². The summed E-state index contributed by atoms with van der Waals surface area (Å²) in [6, 6.07) is 10.6. The number of hydrogen-bond donors (Lipinski definition) is 2. The Hall–Kier alpha value is -2.87. The minimum Gasteiger partial charge on any atom is -0.377 e. The molecule has 4 rings (SSSR count). The number of aromatic nitrogens is 1. The Kier molecular flexibility index (Phi) is 7.02. The molecule has 0 aliphatic heterocycles. The lowest BCUT2D eigenvalue weighted by Crippen LogP contribution is -2.31. The van der Waals surface area contributed by atoms with E-state index in [1.165, 1.54) is 0 Å². The van der Waals surface area contributed by atoms with E-state index < -0.39 is 28.8 Å². The molecule has 0 amide bonds. The predicted molar refractivity (Wildman–Crippen MR) is 123 cm³/mol. The largest absolute Gasteiger partial charge is 0.377 e. The molecule has 0 saturated heterocycles. The highest BCUT2D eigenvalue weighted by atomic mass is 19.2. The minimum atomic E-state index is -1.38. The zero-order valence-electron chi connectivity index (χ0n) is 18.8.